The van der Waals surface area contributed by atoms with Crippen LogP contribution in [0, 0.1) is 6.92 Å². The van der Waals surface area contributed by atoms with Gasteiger partial charge in [-0.25, -0.2) is 4.98 Å². The summed E-state index contributed by atoms with van der Waals surface area (Å²) in [4.78, 5) is 18.8. The SMILES string of the molecule is CCC(N(C)C)n1c(=O)c(C)nc2cc(Cl)ccc21. The second-order valence-corrected chi connectivity index (χ2v) is 5.29. The van der Waals surface area contributed by atoms with Crippen LogP contribution in [-0.4, -0.2) is 28.5 Å². The third-order valence-electron chi connectivity index (χ3n) is 3.27. The number of halogens is 1. The highest BCUT2D eigenvalue weighted by Crippen LogP contribution is 2.21. The predicted octanol–water partition coefficient (Wildman–Crippen LogP) is 2.83. The topological polar surface area (TPSA) is 38.1 Å². The highest BCUT2D eigenvalue weighted by atomic mass is 35.5. The smallest absolute Gasteiger partial charge is 0.273 e. The molecule has 2 rings (SSSR count). The summed E-state index contributed by atoms with van der Waals surface area (Å²) in [6, 6.07) is 5.44. The number of nitrogens with zero attached hydrogens (tertiary/aromatic N) is 3. The van der Waals surface area contributed by atoms with Crippen LogP contribution in [0.25, 0.3) is 11.0 Å². The maximum atomic E-state index is 12.4. The summed E-state index contributed by atoms with van der Waals surface area (Å²) in [5.74, 6) is 0. The van der Waals surface area contributed by atoms with Gasteiger partial charge in [-0.15, -0.1) is 0 Å². The van der Waals surface area contributed by atoms with E-state index in [0.29, 0.717) is 10.7 Å². The first-order valence-electron chi connectivity index (χ1n) is 6.30. The van der Waals surface area contributed by atoms with Crippen LogP contribution in [0.1, 0.15) is 25.2 Å². The van der Waals surface area contributed by atoms with E-state index in [4.69, 9.17) is 11.6 Å². The van der Waals surface area contributed by atoms with E-state index in [9.17, 15) is 4.79 Å². The minimum atomic E-state index is -0.0460. The maximum absolute atomic E-state index is 12.4. The van der Waals surface area contributed by atoms with Crippen LogP contribution in [0.15, 0.2) is 23.0 Å². The molecule has 0 aliphatic heterocycles. The number of fused-ring (bicyclic) bond motifs is 1. The zero-order valence-electron chi connectivity index (χ0n) is 11.6. The molecule has 0 radical (unpaired) electrons. The Kier molecular flexibility index (Phi) is 3.92. The molecular formula is C14H18ClN3O. The molecule has 1 aromatic heterocycles. The standard InChI is InChI=1S/C14H18ClN3O/c1-5-13(17(3)4)18-12-7-6-10(15)8-11(12)16-9(2)14(18)19/h6-8,13H,5H2,1-4H3. The number of hydrogen-bond donors (Lipinski definition) is 0. The van der Waals surface area contributed by atoms with Gasteiger partial charge >= 0.3 is 0 Å². The van der Waals surface area contributed by atoms with Crippen molar-refractivity contribution in [1.82, 2.24) is 14.5 Å². The van der Waals surface area contributed by atoms with E-state index in [2.05, 4.69) is 11.9 Å². The van der Waals surface area contributed by atoms with Crippen molar-refractivity contribution in [2.45, 2.75) is 26.4 Å². The third kappa shape index (κ3) is 2.51. The van der Waals surface area contributed by atoms with Crippen LogP contribution in [-0.2, 0) is 0 Å². The van der Waals surface area contributed by atoms with Crippen LogP contribution >= 0.6 is 11.6 Å². The first-order chi connectivity index (χ1) is 8.95. The van der Waals surface area contributed by atoms with Crippen LogP contribution in [0.5, 0.6) is 0 Å². The van der Waals surface area contributed by atoms with Crippen LogP contribution in [0.3, 0.4) is 0 Å². The monoisotopic (exact) mass is 279 g/mol. The fourth-order valence-corrected chi connectivity index (χ4v) is 2.54. The lowest BCUT2D eigenvalue weighted by Gasteiger charge is -2.26. The van der Waals surface area contributed by atoms with Crippen molar-refractivity contribution in [2.75, 3.05) is 14.1 Å². The van der Waals surface area contributed by atoms with Gasteiger partial charge in [-0.3, -0.25) is 14.3 Å². The quantitative estimate of drug-likeness (QED) is 0.867. The second kappa shape index (κ2) is 5.31. The fourth-order valence-electron chi connectivity index (χ4n) is 2.38. The largest absolute Gasteiger partial charge is 0.289 e. The van der Waals surface area contributed by atoms with E-state index in [0.717, 1.165) is 17.5 Å². The van der Waals surface area contributed by atoms with Crippen molar-refractivity contribution in [3.63, 3.8) is 0 Å². The van der Waals surface area contributed by atoms with E-state index in [-0.39, 0.29) is 11.7 Å². The molecule has 5 heteroatoms. The van der Waals surface area contributed by atoms with Gasteiger partial charge in [0.15, 0.2) is 0 Å². The molecule has 102 valence electrons. The normalized spacial score (nSPS) is 13.2. The van der Waals surface area contributed by atoms with Gasteiger partial charge in [0, 0.05) is 5.02 Å². The average molecular weight is 280 g/mol. The number of aryl methyl sites for hydroxylation is 1. The van der Waals surface area contributed by atoms with Crippen molar-refractivity contribution in [3.05, 3.63) is 39.3 Å². The summed E-state index contributed by atoms with van der Waals surface area (Å²) in [5, 5.41) is 0.627. The number of aromatic nitrogens is 2. The molecular weight excluding hydrogens is 262 g/mol. The summed E-state index contributed by atoms with van der Waals surface area (Å²) in [5.41, 5.74) is 2.02. The van der Waals surface area contributed by atoms with E-state index >= 15 is 0 Å². The summed E-state index contributed by atoms with van der Waals surface area (Å²) < 4.78 is 1.80. The molecule has 0 saturated heterocycles. The first-order valence-corrected chi connectivity index (χ1v) is 6.68. The molecule has 0 aliphatic rings. The molecule has 1 atom stereocenters. The Morgan fingerprint density at radius 1 is 1.42 bits per heavy atom. The highest BCUT2D eigenvalue weighted by Gasteiger charge is 2.17. The molecule has 0 N–H and O–H groups in total. The molecule has 0 spiro atoms. The van der Waals surface area contributed by atoms with Gasteiger partial charge in [0.05, 0.1) is 17.2 Å². The average Bonchev–Trinajstić information content (AvgIpc) is 2.34. The summed E-state index contributed by atoms with van der Waals surface area (Å²) in [6.45, 7) is 3.80. The van der Waals surface area contributed by atoms with E-state index < -0.39 is 0 Å². The second-order valence-electron chi connectivity index (χ2n) is 4.86. The van der Waals surface area contributed by atoms with E-state index in [1.807, 2.05) is 25.1 Å². The Bertz CT molecular complexity index is 664. The van der Waals surface area contributed by atoms with Gasteiger partial charge in [-0.05, 0) is 45.6 Å². The molecule has 0 aliphatic carbocycles. The first kappa shape index (κ1) is 14.0. The highest BCUT2D eigenvalue weighted by molar-refractivity contribution is 6.31. The summed E-state index contributed by atoms with van der Waals surface area (Å²) in [7, 11) is 3.94. The van der Waals surface area contributed by atoms with E-state index in [1.54, 1.807) is 23.6 Å². The van der Waals surface area contributed by atoms with Crippen molar-refractivity contribution < 1.29 is 0 Å². The van der Waals surface area contributed by atoms with Gasteiger partial charge in [-0.2, -0.15) is 0 Å². The predicted molar refractivity (Wildman–Crippen MR) is 78.8 cm³/mol. The van der Waals surface area contributed by atoms with Crippen molar-refractivity contribution in [3.8, 4) is 0 Å². The molecule has 4 nitrogen and oxygen atoms in total. The van der Waals surface area contributed by atoms with Crippen LogP contribution < -0.4 is 5.56 Å². The van der Waals surface area contributed by atoms with Gasteiger partial charge in [0.2, 0.25) is 0 Å². The molecule has 1 unspecified atom stereocenters. The third-order valence-corrected chi connectivity index (χ3v) is 3.51. The zero-order valence-corrected chi connectivity index (χ0v) is 12.4. The van der Waals surface area contributed by atoms with Gasteiger partial charge in [0.25, 0.3) is 5.56 Å². The minimum absolute atomic E-state index is 0.0119. The molecule has 0 bridgehead atoms. The minimum Gasteiger partial charge on any atom is -0.289 e. The Morgan fingerprint density at radius 2 is 2.11 bits per heavy atom. The molecule has 0 amide bonds. The number of benzene rings is 1. The molecule has 1 aromatic carbocycles. The summed E-state index contributed by atoms with van der Waals surface area (Å²) >= 11 is 6.00. The molecule has 0 saturated carbocycles. The zero-order chi connectivity index (χ0) is 14.2. The Labute approximate surface area is 117 Å². The van der Waals surface area contributed by atoms with Crippen LogP contribution in [0.4, 0.5) is 0 Å². The van der Waals surface area contributed by atoms with E-state index in [1.165, 1.54) is 0 Å². The van der Waals surface area contributed by atoms with Gasteiger partial charge < -0.3 is 0 Å². The lowest BCUT2D eigenvalue weighted by Crippen LogP contribution is -2.35. The van der Waals surface area contributed by atoms with Crippen molar-refractivity contribution in [1.29, 1.82) is 0 Å². The van der Waals surface area contributed by atoms with Crippen LogP contribution in [0.2, 0.25) is 5.02 Å². The van der Waals surface area contributed by atoms with Crippen molar-refractivity contribution >= 4 is 22.6 Å². The molecule has 0 fully saturated rings. The Hall–Kier alpha value is -1.39. The van der Waals surface area contributed by atoms with Crippen molar-refractivity contribution in [2.24, 2.45) is 0 Å². The lowest BCUT2D eigenvalue weighted by molar-refractivity contribution is 0.210. The fraction of sp³-hybridized carbons (Fsp3) is 0.429. The Morgan fingerprint density at radius 3 is 2.68 bits per heavy atom. The summed E-state index contributed by atoms with van der Waals surface area (Å²) in [6.07, 6.45) is 0.853. The Balaban J connectivity index is 2.84. The number of hydrogen-bond acceptors (Lipinski definition) is 3. The molecule has 1 heterocycles. The van der Waals surface area contributed by atoms with Gasteiger partial charge in [0.1, 0.15) is 5.69 Å². The van der Waals surface area contributed by atoms with Gasteiger partial charge in [-0.1, -0.05) is 18.5 Å². The lowest BCUT2D eigenvalue weighted by atomic mass is 10.2. The molecule has 2 aromatic rings. The molecule has 19 heavy (non-hydrogen) atoms. The maximum Gasteiger partial charge on any atom is 0.273 e. The number of rotatable bonds is 3.